The number of carbonyl (C=O) groups excluding carboxylic acids is 2. The molecule has 0 amide bonds. The molecule has 0 aliphatic rings. The van der Waals surface area contributed by atoms with Crippen LogP contribution in [0.2, 0.25) is 0 Å². The van der Waals surface area contributed by atoms with Gasteiger partial charge in [0.2, 0.25) is 0 Å². The molecule has 0 aliphatic carbocycles. The van der Waals surface area contributed by atoms with Crippen LogP contribution in [0.15, 0.2) is 0 Å². The highest BCUT2D eigenvalue weighted by molar-refractivity contribution is 7.80. The van der Waals surface area contributed by atoms with Gasteiger partial charge < -0.3 is 11.2 Å². The number of thiocarbonyl (C=S) groups is 1. The molecule has 0 atom stereocenters. The Kier molecular flexibility index (Phi) is 8.16. The Morgan fingerprint density at radius 2 is 1.45 bits per heavy atom. The first-order valence-corrected chi connectivity index (χ1v) is 3.10. The lowest BCUT2D eigenvalue weighted by Gasteiger charge is -1.85. The highest BCUT2D eigenvalue weighted by atomic mass is 32.1. The summed E-state index contributed by atoms with van der Waals surface area (Å²) in [6.07, 6.45) is 0. The number of hydrogen-bond acceptors (Lipinski definition) is 4. The van der Waals surface area contributed by atoms with Crippen LogP contribution in [0.4, 0.5) is 0 Å². The fraction of sp³-hybridized carbons (Fsp3) is 0.400. The van der Waals surface area contributed by atoms with Gasteiger partial charge in [0.15, 0.2) is 16.7 Å². The lowest BCUT2D eigenvalue weighted by atomic mass is 10.3. The lowest BCUT2D eigenvalue weighted by Crippen LogP contribution is -2.34. The summed E-state index contributed by atoms with van der Waals surface area (Å²) >= 11 is 4.24. The third kappa shape index (κ3) is 17.6. The van der Waals surface area contributed by atoms with Crippen LogP contribution in [-0.2, 0) is 9.59 Å². The van der Waals surface area contributed by atoms with Gasteiger partial charge in [-0.1, -0.05) is 0 Å². The van der Waals surface area contributed by atoms with E-state index < -0.39 is 0 Å². The maximum Gasteiger partial charge on any atom is 0.195 e. The first-order valence-electron chi connectivity index (χ1n) is 2.69. The molecule has 0 bridgehead atoms. The Labute approximate surface area is 70.1 Å². The molecule has 11 heavy (non-hydrogen) atoms. The number of nitrogens with two attached hydrogens (primary N) is 2. The molecule has 0 radical (unpaired) electrons. The summed E-state index contributed by atoms with van der Waals surface area (Å²) in [5.74, 6) is 3.90. The van der Waals surface area contributed by atoms with Crippen molar-refractivity contribution in [1.82, 2.24) is 5.43 Å². The summed E-state index contributed by atoms with van der Waals surface area (Å²) in [4.78, 5) is 19.6. The summed E-state index contributed by atoms with van der Waals surface area (Å²) in [5.41, 5.74) is 6.82. The van der Waals surface area contributed by atoms with E-state index in [4.69, 9.17) is 5.73 Å². The van der Waals surface area contributed by atoms with Gasteiger partial charge >= 0.3 is 0 Å². The monoisotopic (exact) mass is 177 g/mol. The van der Waals surface area contributed by atoms with E-state index >= 15 is 0 Å². The van der Waals surface area contributed by atoms with Crippen LogP contribution >= 0.6 is 12.2 Å². The van der Waals surface area contributed by atoms with E-state index in [0.29, 0.717) is 0 Å². The molecule has 0 heterocycles. The number of nitrogens with one attached hydrogen (secondary N) is 1. The summed E-state index contributed by atoms with van der Waals surface area (Å²) in [7, 11) is 0. The fourth-order valence-corrected chi connectivity index (χ4v) is 0. The maximum absolute atomic E-state index is 9.79. The van der Waals surface area contributed by atoms with Crippen molar-refractivity contribution in [1.29, 1.82) is 0 Å². The number of hydrogen-bond donors (Lipinski definition) is 3. The summed E-state index contributed by atoms with van der Waals surface area (Å²) in [6.45, 7) is 2.50. The Balaban J connectivity index is 0. The van der Waals surface area contributed by atoms with Crippen molar-refractivity contribution in [3.05, 3.63) is 0 Å². The number of ketones is 2. The highest BCUT2D eigenvalue weighted by Gasteiger charge is 1.94. The minimum absolute atomic E-state index is 0.116. The Bertz CT molecular complexity index is 157. The first-order chi connectivity index (χ1) is 4.91. The van der Waals surface area contributed by atoms with Gasteiger partial charge in [-0.25, -0.2) is 5.84 Å². The average molecular weight is 177 g/mol. The van der Waals surface area contributed by atoms with E-state index in [1.165, 1.54) is 13.8 Å². The van der Waals surface area contributed by atoms with Gasteiger partial charge in [-0.05, 0) is 12.2 Å². The Morgan fingerprint density at radius 3 is 1.45 bits per heavy atom. The molecular formula is C5H11N3O2S. The van der Waals surface area contributed by atoms with Crippen LogP contribution in [0.3, 0.4) is 0 Å². The summed E-state index contributed by atoms with van der Waals surface area (Å²) in [6, 6.07) is 0. The predicted octanol–water partition coefficient (Wildman–Crippen LogP) is -1.14. The van der Waals surface area contributed by atoms with E-state index in [9.17, 15) is 9.59 Å². The van der Waals surface area contributed by atoms with Gasteiger partial charge in [0.05, 0.1) is 0 Å². The molecule has 0 spiro atoms. The second-order valence-corrected chi connectivity index (χ2v) is 2.06. The standard InChI is InChI=1S/C4H6O2.CH5N3S/c1-3(5)4(2)6;2-1(5)4-3/h1-2H3;3H2,(H3,2,4,5). The molecule has 0 saturated carbocycles. The average Bonchev–Trinajstić information content (AvgIpc) is 1.89. The van der Waals surface area contributed by atoms with E-state index in [1.807, 2.05) is 5.43 Å². The molecule has 64 valence electrons. The first kappa shape index (κ1) is 12.6. The van der Waals surface area contributed by atoms with Gasteiger partial charge in [0.1, 0.15) is 0 Å². The van der Waals surface area contributed by atoms with Crippen LogP contribution in [0.1, 0.15) is 13.8 Å². The third-order valence-electron chi connectivity index (χ3n) is 0.638. The zero-order valence-corrected chi connectivity index (χ0v) is 7.20. The van der Waals surface area contributed by atoms with Gasteiger partial charge in [0, 0.05) is 13.8 Å². The van der Waals surface area contributed by atoms with Crippen molar-refractivity contribution in [2.45, 2.75) is 13.8 Å². The zero-order chi connectivity index (χ0) is 9.44. The maximum atomic E-state index is 9.79. The van der Waals surface area contributed by atoms with Crippen molar-refractivity contribution < 1.29 is 9.59 Å². The van der Waals surface area contributed by atoms with Gasteiger partial charge in [-0.15, -0.1) is 0 Å². The van der Waals surface area contributed by atoms with Crippen molar-refractivity contribution in [2.24, 2.45) is 11.6 Å². The molecule has 0 unspecified atom stereocenters. The van der Waals surface area contributed by atoms with Gasteiger partial charge in [-0.3, -0.25) is 9.59 Å². The number of carbonyl (C=O) groups is 2. The van der Waals surface area contributed by atoms with Gasteiger partial charge in [-0.2, -0.15) is 0 Å². The fourth-order valence-electron chi connectivity index (χ4n) is 0. The topological polar surface area (TPSA) is 98.2 Å². The highest BCUT2D eigenvalue weighted by Crippen LogP contribution is 1.66. The zero-order valence-electron chi connectivity index (χ0n) is 6.38. The molecule has 0 rings (SSSR count). The molecule has 0 aromatic rings. The largest absolute Gasteiger partial charge is 0.375 e. The number of rotatable bonds is 1. The van der Waals surface area contributed by atoms with Crippen molar-refractivity contribution in [3.63, 3.8) is 0 Å². The predicted molar refractivity (Wildman–Crippen MR) is 45.5 cm³/mol. The second-order valence-electron chi connectivity index (χ2n) is 1.62. The molecule has 0 aliphatic heterocycles. The van der Waals surface area contributed by atoms with E-state index in [-0.39, 0.29) is 16.7 Å². The molecule has 5 nitrogen and oxygen atoms in total. The summed E-state index contributed by atoms with van der Waals surface area (Å²) < 4.78 is 0. The smallest absolute Gasteiger partial charge is 0.195 e. The second kappa shape index (κ2) is 7.10. The summed E-state index contributed by atoms with van der Waals surface area (Å²) in [5, 5.41) is 0.116. The minimum atomic E-state index is -0.380. The molecule has 0 fully saturated rings. The normalized spacial score (nSPS) is 7.18. The lowest BCUT2D eigenvalue weighted by molar-refractivity contribution is -0.134. The molecule has 6 heteroatoms. The van der Waals surface area contributed by atoms with Crippen LogP contribution in [0.25, 0.3) is 0 Å². The SMILES string of the molecule is CC(=O)C(C)=O.NNC(N)=S. The number of Topliss-reactive ketones (excluding diaryl/α,β-unsaturated/α-hetero) is 2. The van der Waals surface area contributed by atoms with Crippen LogP contribution in [-0.4, -0.2) is 16.7 Å². The molecular weight excluding hydrogens is 166 g/mol. The Morgan fingerprint density at radius 1 is 1.27 bits per heavy atom. The van der Waals surface area contributed by atoms with Crippen LogP contribution in [0, 0.1) is 0 Å². The van der Waals surface area contributed by atoms with Crippen LogP contribution < -0.4 is 17.0 Å². The van der Waals surface area contributed by atoms with Gasteiger partial charge in [0.25, 0.3) is 0 Å². The number of hydrazine groups is 1. The van der Waals surface area contributed by atoms with Crippen molar-refractivity contribution in [3.8, 4) is 0 Å². The van der Waals surface area contributed by atoms with Crippen LogP contribution in [0.5, 0.6) is 0 Å². The minimum Gasteiger partial charge on any atom is -0.375 e. The Hall–Kier alpha value is -1.01. The third-order valence-corrected chi connectivity index (χ3v) is 0.756. The molecule has 0 aromatic heterocycles. The molecule has 5 N–H and O–H groups in total. The van der Waals surface area contributed by atoms with Crippen molar-refractivity contribution in [2.75, 3.05) is 0 Å². The van der Waals surface area contributed by atoms with E-state index in [2.05, 4.69) is 18.1 Å². The van der Waals surface area contributed by atoms with Crippen molar-refractivity contribution >= 4 is 28.9 Å². The quantitative estimate of drug-likeness (QED) is 0.203. The van der Waals surface area contributed by atoms with E-state index in [1.54, 1.807) is 0 Å². The van der Waals surface area contributed by atoms with E-state index in [0.717, 1.165) is 0 Å². The molecule has 0 saturated heterocycles. The molecule has 0 aromatic carbocycles.